The van der Waals surface area contributed by atoms with Crippen LogP contribution in [0.25, 0.3) is 10.4 Å². The molecule has 0 saturated heterocycles. The average Bonchev–Trinajstić information content (AvgIpc) is 3.29. The van der Waals surface area contributed by atoms with Gasteiger partial charge in [0.25, 0.3) is 0 Å². The molecule has 122 valence electrons. The van der Waals surface area contributed by atoms with E-state index < -0.39 is 38.4 Å². The molecule has 7 nitrogen and oxygen atoms in total. The first-order valence-corrected chi connectivity index (χ1v) is 8.45. The Morgan fingerprint density at radius 3 is 2.65 bits per heavy atom. The van der Waals surface area contributed by atoms with Crippen LogP contribution in [0.1, 0.15) is 18.4 Å². The highest BCUT2D eigenvalue weighted by atomic mass is 32.2. The van der Waals surface area contributed by atoms with Crippen molar-refractivity contribution in [2.45, 2.75) is 23.1 Å². The molecule has 1 unspecified atom stereocenters. The molecule has 0 amide bonds. The maximum Gasteiger partial charge on any atom is 0.166 e. The van der Waals surface area contributed by atoms with Crippen molar-refractivity contribution in [3.8, 4) is 0 Å². The molecule has 1 fully saturated rings. The molecule has 0 radical (unpaired) electrons. The second-order valence-corrected chi connectivity index (χ2v) is 8.07. The number of sulfone groups is 1. The maximum atomic E-state index is 14.2. The number of rotatable bonds is 3. The summed E-state index contributed by atoms with van der Waals surface area (Å²) < 4.78 is 51.8. The van der Waals surface area contributed by atoms with Crippen molar-refractivity contribution in [2.24, 2.45) is 15.8 Å². The van der Waals surface area contributed by atoms with Crippen LogP contribution in [0.15, 0.2) is 28.3 Å². The van der Waals surface area contributed by atoms with Crippen molar-refractivity contribution in [2.75, 3.05) is 12.4 Å². The van der Waals surface area contributed by atoms with E-state index in [4.69, 9.17) is 11.3 Å². The summed E-state index contributed by atoms with van der Waals surface area (Å²) in [5.74, 6) is -1.69. The fourth-order valence-corrected chi connectivity index (χ4v) is 5.21. The highest BCUT2D eigenvalue weighted by Crippen LogP contribution is 2.50. The minimum absolute atomic E-state index is 0.0367. The van der Waals surface area contributed by atoms with Crippen LogP contribution in [0.5, 0.6) is 0 Å². The van der Waals surface area contributed by atoms with Gasteiger partial charge < -0.3 is 5.73 Å². The van der Waals surface area contributed by atoms with Gasteiger partial charge in [0.2, 0.25) is 0 Å². The zero-order valence-corrected chi connectivity index (χ0v) is 12.7. The molecule has 1 aromatic carbocycles. The second-order valence-electron chi connectivity index (χ2n) is 5.77. The molecular formula is C13H13F2N5O2S. The van der Waals surface area contributed by atoms with E-state index in [-0.39, 0.29) is 17.1 Å². The molecule has 2 N–H and O–H groups in total. The Labute approximate surface area is 130 Å². The first-order valence-electron chi connectivity index (χ1n) is 6.79. The van der Waals surface area contributed by atoms with Gasteiger partial charge in [0.15, 0.2) is 9.84 Å². The SMILES string of the molecule is [N-]=[N+]=Nc1ccc(F)c(C2(CF)CS(=O)(=O)C3(CC3)C(N)=N2)c1. The lowest BCUT2D eigenvalue weighted by atomic mass is 9.92. The third kappa shape index (κ3) is 2.17. The van der Waals surface area contributed by atoms with Crippen LogP contribution in [0.2, 0.25) is 0 Å². The van der Waals surface area contributed by atoms with Crippen LogP contribution in [0.4, 0.5) is 14.5 Å². The van der Waals surface area contributed by atoms with Gasteiger partial charge in [-0.2, -0.15) is 0 Å². The molecule has 1 spiro atoms. The second kappa shape index (κ2) is 4.90. The third-order valence-corrected chi connectivity index (χ3v) is 7.03. The third-order valence-electron chi connectivity index (χ3n) is 4.36. The van der Waals surface area contributed by atoms with Crippen LogP contribution in [0, 0.1) is 5.82 Å². The highest BCUT2D eigenvalue weighted by Gasteiger charge is 2.63. The lowest BCUT2D eigenvalue weighted by Crippen LogP contribution is -2.52. The van der Waals surface area contributed by atoms with Crippen LogP contribution in [-0.4, -0.2) is 31.4 Å². The number of nitrogens with two attached hydrogens (primary N) is 1. The molecule has 2 aliphatic rings. The molecule has 3 rings (SSSR count). The summed E-state index contributed by atoms with van der Waals surface area (Å²) in [5.41, 5.74) is 12.0. The molecule has 1 aromatic rings. The Morgan fingerprint density at radius 2 is 2.13 bits per heavy atom. The number of hydrogen-bond donors (Lipinski definition) is 1. The predicted molar refractivity (Wildman–Crippen MR) is 80.2 cm³/mol. The minimum Gasteiger partial charge on any atom is -0.386 e. The Hall–Kier alpha value is -2.19. The number of amidine groups is 1. The quantitative estimate of drug-likeness (QED) is 0.515. The van der Waals surface area contributed by atoms with E-state index >= 15 is 0 Å². The van der Waals surface area contributed by atoms with Gasteiger partial charge in [0, 0.05) is 16.2 Å². The van der Waals surface area contributed by atoms with Gasteiger partial charge >= 0.3 is 0 Å². The van der Waals surface area contributed by atoms with E-state index in [0.717, 1.165) is 12.1 Å². The lowest BCUT2D eigenvalue weighted by molar-refractivity contribution is 0.325. The Bertz CT molecular complexity index is 859. The van der Waals surface area contributed by atoms with Gasteiger partial charge in [0.1, 0.15) is 28.6 Å². The van der Waals surface area contributed by atoms with Crippen molar-refractivity contribution in [1.82, 2.24) is 0 Å². The molecule has 1 atom stereocenters. The van der Waals surface area contributed by atoms with E-state index in [1.54, 1.807) is 0 Å². The van der Waals surface area contributed by atoms with Crippen molar-refractivity contribution in [1.29, 1.82) is 0 Å². The topological polar surface area (TPSA) is 121 Å². The fourth-order valence-electron chi connectivity index (χ4n) is 2.92. The molecular weight excluding hydrogens is 328 g/mol. The summed E-state index contributed by atoms with van der Waals surface area (Å²) >= 11 is 0. The molecule has 0 bridgehead atoms. The van der Waals surface area contributed by atoms with Crippen molar-refractivity contribution < 1.29 is 17.2 Å². The number of halogens is 2. The maximum absolute atomic E-state index is 14.2. The molecule has 1 heterocycles. The van der Waals surface area contributed by atoms with E-state index in [1.165, 1.54) is 6.07 Å². The van der Waals surface area contributed by atoms with E-state index in [1.807, 2.05) is 0 Å². The van der Waals surface area contributed by atoms with Crippen LogP contribution in [0.3, 0.4) is 0 Å². The summed E-state index contributed by atoms with van der Waals surface area (Å²) in [6.45, 7) is -1.24. The molecule has 23 heavy (non-hydrogen) atoms. The summed E-state index contributed by atoms with van der Waals surface area (Å²) in [5, 5.41) is 3.33. The predicted octanol–water partition coefficient (Wildman–Crippen LogP) is 2.25. The van der Waals surface area contributed by atoms with Gasteiger partial charge in [0.05, 0.1) is 5.75 Å². The summed E-state index contributed by atoms with van der Waals surface area (Å²) in [6, 6.07) is 3.29. The zero-order valence-electron chi connectivity index (χ0n) is 11.9. The van der Waals surface area contributed by atoms with Gasteiger partial charge in [-0.25, -0.2) is 17.2 Å². The Balaban J connectivity index is 2.22. The van der Waals surface area contributed by atoms with E-state index in [0.29, 0.717) is 12.8 Å². The standard InChI is InChI=1S/C13H13F2N5O2S/c14-6-12(9-5-8(19-20-17)1-2-10(9)15)7-23(21,22)13(3-4-13)11(16)18-12/h1-2,5H,3-4,6-7H2,(H2,16,18). The van der Waals surface area contributed by atoms with Gasteiger partial charge in [-0.1, -0.05) is 5.11 Å². The average molecular weight is 341 g/mol. The van der Waals surface area contributed by atoms with Gasteiger partial charge in [-0.05, 0) is 36.6 Å². The molecule has 1 saturated carbocycles. The number of nitrogens with zero attached hydrogens (tertiary/aromatic N) is 4. The number of alkyl halides is 1. The number of benzene rings is 1. The highest BCUT2D eigenvalue weighted by molar-refractivity contribution is 7.94. The van der Waals surface area contributed by atoms with E-state index in [2.05, 4.69) is 15.0 Å². The number of azide groups is 1. The normalized spacial score (nSPS) is 27.1. The minimum atomic E-state index is -3.77. The number of aliphatic imine (C=N–C) groups is 1. The first-order chi connectivity index (χ1) is 10.8. The molecule has 10 heteroatoms. The van der Waals surface area contributed by atoms with Crippen molar-refractivity contribution in [3.63, 3.8) is 0 Å². The zero-order chi connectivity index (χ0) is 16.9. The monoisotopic (exact) mass is 341 g/mol. The van der Waals surface area contributed by atoms with Gasteiger partial charge in [-0.15, -0.1) is 0 Å². The first kappa shape index (κ1) is 15.7. The van der Waals surface area contributed by atoms with Crippen molar-refractivity contribution in [3.05, 3.63) is 40.0 Å². The summed E-state index contributed by atoms with van der Waals surface area (Å²) in [4.78, 5) is 6.62. The lowest BCUT2D eigenvalue weighted by Gasteiger charge is -2.35. The fraction of sp³-hybridized carbons (Fsp3) is 0.462. The molecule has 1 aliphatic heterocycles. The number of hydrogen-bond acceptors (Lipinski definition) is 5. The molecule has 1 aliphatic carbocycles. The summed E-state index contributed by atoms with van der Waals surface area (Å²) in [7, 11) is -3.77. The molecule has 0 aromatic heterocycles. The van der Waals surface area contributed by atoms with Crippen LogP contribution >= 0.6 is 0 Å². The largest absolute Gasteiger partial charge is 0.386 e. The summed E-state index contributed by atoms with van der Waals surface area (Å²) in [6.07, 6.45) is 0.683. The Kier molecular flexibility index (Phi) is 3.35. The Morgan fingerprint density at radius 1 is 1.43 bits per heavy atom. The van der Waals surface area contributed by atoms with Crippen molar-refractivity contribution >= 4 is 21.4 Å². The smallest absolute Gasteiger partial charge is 0.166 e. The van der Waals surface area contributed by atoms with Crippen LogP contribution < -0.4 is 5.73 Å². The van der Waals surface area contributed by atoms with E-state index in [9.17, 15) is 17.2 Å². The van der Waals surface area contributed by atoms with Gasteiger partial charge in [-0.3, -0.25) is 4.99 Å². The van der Waals surface area contributed by atoms with Crippen LogP contribution in [-0.2, 0) is 15.4 Å².